The van der Waals surface area contributed by atoms with Crippen LogP contribution in [0.15, 0.2) is 58.1 Å². The predicted octanol–water partition coefficient (Wildman–Crippen LogP) is 5.86. The highest BCUT2D eigenvalue weighted by Gasteiger charge is 2.13. The number of nitrogens with zero attached hydrogens (tertiary/aromatic N) is 1. The quantitative estimate of drug-likeness (QED) is 0.325. The number of aromatic amines is 2. The fourth-order valence-electron chi connectivity index (χ4n) is 4.81. The third-order valence-corrected chi connectivity index (χ3v) is 6.52. The number of anilines is 1. The van der Waals surface area contributed by atoms with Gasteiger partial charge in [-0.2, -0.15) is 0 Å². The number of pyridine rings is 2. The minimum atomic E-state index is -0.0191. The fraction of sp³-hybridized carbons (Fsp3) is 0.286. The highest BCUT2D eigenvalue weighted by Crippen LogP contribution is 2.25. The molecule has 5 aromatic rings. The maximum atomic E-state index is 13.5. The highest BCUT2D eigenvalue weighted by molar-refractivity contribution is 6.03. The van der Waals surface area contributed by atoms with Gasteiger partial charge < -0.3 is 14.9 Å². The molecule has 0 aliphatic heterocycles. The summed E-state index contributed by atoms with van der Waals surface area (Å²) in [6, 6.07) is 15.6. The Morgan fingerprint density at radius 1 is 0.636 bits per heavy atom. The van der Waals surface area contributed by atoms with Crippen LogP contribution in [0.25, 0.3) is 43.6 Å². The van der Waals surface area contributed by atoms with Crippen molar-refractivity contribution < 1.29 is 0 Å². The Bertz CT molecular complexity index is 1620. The van der Waals surface area contributed by atoms with Crippen LogP contribution in [0.2, 0.25) is 0 Å². The molecular formula is C28H29N3O2. The third-order valence-electron chi connectivity index (χ3n) is 6.52. The van der Waals surface area contributed by atoms with E-state index in [1.54, 1.807) is 0 Å². The summed E-state index contributed by atoms with van der Waals surface area (Å²) in [4.78, 5) is 35.9. The zero-order chi connectivity index (χ0) is 23.1. The number of benzene rings is 3. The number of H-pyrrole nitrogens is 2. The summed E-state index contributed by atoms with van der Waals surface area (Å²) in [6.45, 7) is 8.36. The Morgan fingerprint density at radius 3 is 1.85 bits per heavy atom. The number of aromatic nitrogens is 2. The molecule has 0 spiro atoms. The monoisotopic (exact) mass is 439 g/mol. The lowest BCUT2D eigenvalue weighted by atomic mass is 10.0. The predicted molar refractivity (Wildman–Crippen MR) is 140 cm³/mol. The fourth-order valence-corrected chi connectivity index (χ4v) is 4.81. The van der Waals surface area contributed by atoms with E-state index in [0.717, 1.165) is 49.1 Å². The van der Waals surface area contributed by atoms with Crippen LogP contribution in [0.4, 0.5) is 5.69 Å². The highest BCUT2D eigenvalue weighted by atomic mass is 16.1. The third kappa shape index (κ3) is 3.58. The van der Waals surface area contributed by atoms with Gasteiger partial charge in [0.15, 0.2) is 10.9 Å². The normalized spacial score (nSPS) is 11.7. The Morgan fingerprint density at radius 2 is 1.21 bits per heavy atom. The molecule has 3 aromatic carbocycles. The minimum absolute atomic E-state index is 0.0151. The Balaban J connectivity index is 1.77. The molecule has 2 heterocycles. The van der Waals surface area contributed by atoms with Crippen molar-refractivity contribution in [1.82, 2.24) is 9.97 Å². The van der Waals surface area contributed by atoms with Crippen LogP contribution in [0, 0.1) is 0 Å². The average molecular weight is 440 g/mol. The van der Waals surface area contributed by atoms with Gasteiger partial charge in [0.25, 0.3) is 0 Å². The van der Waals surface area contributed by atoms with E-state index >= 15 is 0 Å². The second-order valence-electron chi connectivity index (χ2n) is 8.80. The van der Waals surface area contributed by atoms with Gasteiger partial charge in [-0.25, -0.2) is 0 Å². The molecule has 5 rings (SSSR count). The summed E-state index contributed by atoms with van der Waals surface area (Å²) in [5.74, 6) is 0. The molecule has 0 atom stereocenters. The molecule has 0 saturated carbocycles. The van der Waals surface area contributed by atoms with Gasteiger partial charge in [-0.05, 0) is 67.3 Å². The first-order valence-corrected chi connectivity index (χ1v) is 11.9. The molecule has 0 bridgehead atoms. The second-order valence-corrected chi connectivity index (χ2v) is 8.80. The maximum Gasteiger partial charge on any atom is 0.197 e. The molecule has 2 aromatic heterocycles. The van der Waals surface area contributed by atoms with Crippen molar-refractivity contribution in [2.75, 3.05) is 18.0 Å². The molecule has 0 radical (unpaired) electrons. The SMILES string of the molecule is CCCN(CCC)c1ccc2[nH]c3cc4c(=O)c5ccc(CC)cc5[nH]c4cc3c(=O)c2c1. The van der Waals surface area contributed by atoms with E-state index in [2.05, 4.69) is 41.7 Å². The summed E-state index contributed by atoms with van der Waals surface area (Å²) in [5, 5.41) is 2.51. The summed E-state index contributed by atoms with van der Waals surface area (Å²) >= 11 is 0. The maximum absolute atomic E-state index is 13.5. The minimum Gasteiger partial charge on any atom is -0.372 e. The number of hydrogen-bond acceptors (Lipinski definition) is 3. The molecule has 0 aliphatic rings. The van der Waals surface area contributed by atoms with Gasteiger partial charge in [-0.3, -0.25) is 9.59 Å². The first kappa shape index (κ1) is 21.3. The Kier molecular flexibility index (Phi) is 5.41. The zero-order valence-electron chi connectivity index (χ0n) is 19.4. The van der Waals surface area contributed by atoms with Crippen LogP contribution in [-0.4, -0.2) is 23.1 Å². The second kappa shape index (κ2) is 8.39. The zero-order valence-corrected chi connectivity index (χ0v) is 19.4. The van der Waals surface area contributed by atoms with Crippen LogP contribution in [0.5, 0.6) is 0 Å². The smallest absolute Gasteiger partial charge is 0.197 e. The van der Waals surface area contributed by atoms with E-state index in [1.165, 1.54) is 5.56 Å². The van der Waals surface area contributed by atoms with E-state index in [9.17, 15) is 9.59 Å². The number of nitrogens with one attached hydrogen (secondary N) is 2. The number of rotatable bonds is 6. The molecule has 5 nitrogen and oxygen atoms in total. The largest absolute Gasteiger partial charge is 0.372 e. The molecule has 5 heteroatoms. The van der Waals surface area contributed by atoms with Crippen molar-refractivity contribution in [2.45, 2.75) is 40.0 Å². The first-order chi connectivity index (χ1) is 16.0. The van der Waals surface area contributed by atoms with Gasteiger partial charge in [-0.1, -0.05) is 26.8 Å². The molecule has 168 valence electrons. The molecule has 0 fully saturated rings. The first-order valence-electron chi connectivity index (χ1n) is 11.9. The Hall–Kier alpha value is -3.60. The van der Waals surface area contributed by atoms with Crippen molar-refractivity contribution in [3.8, 4) is 0 Å². The van der Waals surface area contributed by atoms with E-state index < -0.39 is 0 Å². The molecule has 0 aliphatic carbocycles. The van der Waals surface area contributed by atoms with Crippen molar-refractivity contribution in [3.63, 3.8) is 0 Å². The molecule has 0 unspecified atom stereocenters. The average Bonchev–Trinajstić information content (AvgIpc) is 2.83. The van der Waals surface area contributed by atoms with Crippen molar-refractivity contribution >= 4 is 49.3 Å². The van der Waals surface area contributed by atoms with Crippen molar-refractivity contribution in [1.29, 1.82) is 0 Å². The van der Waals surface area contributed by atoms with Gasteiger partial charge in [0.05, 0.1) is 16.6 Å². The summed E-state index contributed by atoms with van der Waals surface area (Å²) < 4.78 is 0. The number of hydrogen-bond donors (Lipinski definition) is 2. The van der Waals surface area contributed by atoms with E-state index in [1.807, 2.05) is 42.5 Å². The molecule has 33 heavy (non-hydrogen) atoms. The van der Waals surface area contributed by atoms with Crippen LogP contribution < -0.4 is 15.8 Å². The summed E-state index contributed by atoms with van der Waals surface area (Å²) in [7, 11) is 0. The van der Waals surface area contributed by atoms with Gasteiger partial charge in [0.1, 0.15) is 0 Å². The summed E-state index contributed by atoms with van der Waals surface area (Å²) in [5.41, 5.74) is 5.17. The van der Waals surface area contributed by atoms with Crippen LogP contribution in [0.1, 0.15) is 39.2 Å². The number of fused-ring (bicyclic) bond motifs is 4. The van der Waals surface area contributed by atoms with Crippen molar-refractivity contribution in [3.05, 3.63) is 74.5 Å². The van der Waals surface area contributed by atoms with Gasteiger partial charge in [0, 0.05) is 45.8 Å². The topological polar surface area (TPSA) is 69.0 Å². The lowest BCUT2D eigenvalue weighted by Gasteiger charge is -2.24. The standard InChI is InChI=1S/C28H29N3O2/c1-4-11-31(12-5-2)18-8-10-23-20(14-18)28(33)22-16-26-21(15-25(22)29-23)27(32)19-9-7-17(6-3)13-24(19)30-26/h7-10,13-16H,4-6,11-12H2,1-3H3,(H,29,33)(H,30,32). The lowest BCUT2D eigenvalue weighted by Crippen LogP contribution is -2.25. The van der Waals surface area contributed by atoms with E-state index in [0.29, 0.717) is 32.6 Å². The van der Waals surface area contributed by atoms with E-state index in [4.69, 9.17) is 0 Å². The molecular weight excluding hydrogens is 410 g/mol. The molecule has 0 amide bonds. The van der Waals surface area contributed by atoms with Crippen LogP contribution >= 0.6 is 0 Å². The van der Waals surface area contributed by atoms with Gasteiger partial charge in [-0.15, -0.1) is 0 Å². The number of aryl methyl sites for hydroxylation is 1. The Labute approximate surface area is 192 Å². The van der Waals surface area contributed by atoms with Gasteiger partial charge in [0.2, 0.25) is 0 Å². The van der Waals surface area contributed by atoms with Crippen LogP contribution in [-0.2, 0) is 6.42 Å². The van der Waals surface area contributed by atoms with E-state index in [-0.39, 0.29) is 10.9 Å². The lowest BCUT2D eigenvalue weighted by molar-refractivity contribution is 0.745. The summed E-state index contributed by atoms with van der Waals surface area (Å²) in [6.07, 6.45) is 3.01. The van der Waals surface area contributed by atoms with Crippen LogP contribution in [0.3, 0.4) is 0 Å². The molecule has 0 saturated heterocycles. The molecule has 2 N–H and O–H groups in total. The van der Waals surface area contributed by atoms with Gasteiger partial charge >= 0.3 is 0 Å². The van der Waals surface area contributed by atoms with Crippen molar-refractivity contribution in [2.24, 2.45) is 0 Å².